The maximum absolute atomic E-state index is 12.2. The van der Waals surface area contributed by atoms with E-state index in [1.54, 1.807) is 6.20 Å². The zero-order valence-corrected chi connectivity index (χ0v) is 12.8. The van der Waals surface area contributed by atoms with Crippen LogP contribution in [0.1, 0.15) is 56.2 Å². The van der Waals surface area contributed by atoms with Gasteiger partial charge in [-0.3, -0.25) is 4.79 Å². The highest BCUT2D eigenvalue weighted by Gasteiger charge is 2.16. The van der Waals surface area contributed by atoms with Crippen LogP contribution in [0.15, 0.2) is 12.3 Å². The normalized spacial score (nSPS) is 12.9. The van der Waals surface area contributed by atoms with Crippen molar-refractivity contribution >= 4 is 16.9 Å². The van der Waals surface area contributed by atoms with Crippen molar-refractivity contribution in [3.8, 4) is 0 Å². The monoisotopic (exact) mass is 274 g/mol. The van der Waals surface area contributed by atoms with E-state index < -0.39 is 0 Å². The molecule has 0 spiro atoms. The highest BCUT2D eigenvalue weighted by Crippen LogP contribution is 2.19. The topological polar surface area (TPSA) is 59.8 Å². The second-order valence-corrected chi connectivity index (χ2v) is 5.50. The Hall–Kier alpha value is -1.91. The molecule has 0 bridgehead atoms. The number of pyridine rings is 1. The number of nitrogens with one attached hydrogen (secondary N) is 1. The molecule has 0 aliphatic rings. The van der Waals surface area contributed by atoms with Gasteiger partial charge in [-0.25, -0.2) is 9.67 Å². The van der Waals surface area contributed by atoms with E-state index in [9.17, 15) is 4.79 Å². The van der Waals surface area contributed by atoms with Crippen LogP contribution in [0, 0.1) is 6.92 Å². The Balaban J connectivity index is 2.41. The van der Waals surface area contributed by atoms with E-state index in [1.165, 1.54) is 0 Å². The van der Waals surface area contributed by atoms with E-state index in [4.69, 9.17) is 0 Å². The first-order valence-corrected chi connectivity index (χ1v) is 7.09. The van der Waals surface area contributed by atoms with Gasteiger partial charge in [-0.05, 0) is 40.2 Å². The summed E-state index contributed by atoms with van der Waals surface area (Å²) in [6.07, 6.45) is 2.67. The van der Waals surface area contributed by atoms with E-state index >= 15 is 0 Å². The van der Waals surface area contributed by atoms with Crippen LogP contribution in [0.2, 0.25) is 0 Å². The molecule has 0 aliphatic carbocycles. The molecule has 0 aliphatic heterocycles. The van der Waals surface area contributed by atoms with Crippen LogP contribution in [0.25, 0.3) is 11.0 Å². The van der Waals surface area contributed by atoms with Crippen LogP contribution >= 0.6 is 0 Å². The number of amides is 1. The first-order chi connectivity index (χ1) is 9.43. The van der Waals surface area contributed by atoms with Gasteiger partial charge in [-0.2, -0.15) is 5.10 Å². The fraction of sp³-hybridized carbons (Fsp3) is 0.533. The van der Waals surface area contributed by atoms with Gasteiger partial charge in [-0.15, -0.1) is 0 Å². The summed E-state index contributed by atoms with van der Waals surface area (Å²) in [4.78, 5) is 16.8. The zero-order chi connectivity index (χ0) is 14.9. The summed E-state index contributed by atoms with van der Waals surface area (Å²) < 4.78 is 1.87. The van der Waals surface area contributed by atoms with Crippen molar-refractivity contribution in [2.45, 2.75) is 53.1 Å². The van der Waals surface area contributed by atoms with E-state index in [1.807, 2.05) is 31.5 Å². The van der Waals surface area contributed by atoms with Crippen molar-refractivity contribution in [2.75, 3.05) is 0 Å². The Bertz CT molecular complexity index is 630. The number of fused-ring (bicyclic) bond motifs is 1. The predicted octanol–water partition coefficient (Wildman–Crippen LogP) is 2.85. The van der Waals surface area contributed by atoms with Gasteiger partial charge in [0.25, 0.3) is 5.91 Å². The Morgan fingerprint density at radius 3 is 2.70 bits per heavy atom. The van der Waals surface area contributed by atoms with Crippen molar-refractivity contribution in [3.05, 3.63) is 23.5 Å². The molecular weight excluding hydrogens is 252 g/mol. The molecule has 2 aromatic rings. The summed E-state index contributed by atoms with van der Waals surface area (Å²) in [6.45, 7) is 10.0. The van der Waals surface area contributed by atoms with Crippen LogP contribution in [0.5, 0.6) is 0 Å². The molecule has 1 unspecified atom stereocenters. The van der Waals surface area contributed by atoms with Gasteiger partial charge in [-0.1, -0.05) is 6.92 Å². The van der Waals surface area contributed by atoms with Gasteiger partial charge in [0.2, 0.25) is 0 Å². The number of aryl methyl sites for hydroxylation is 1. The predicted molar refractivity (Wildman–Crippen MR) is 79.9 cm³/mol. The molecule has 0 radical (unpaired) electrons. The van der Waals surface area contributed by atoms with Gasteiger partial charge in [0.05, 0.1) is 17.5 Å². The van der Waals surface area contributed by atoms with Crippen LogP contribution in [0.4, 0.5) is 0 Å². The SMILES string of the molecule is CCC(C)NC(=O)c1cc2cnn(C(C)C)c2nc1C. The van der Waals surface area contributed by atoms with Crippen LogP contribution in [-0.2, 0) is 0 Å². The van der Waals surface area contributed by atoms with Crippen LogP contribution in [-0.4, -0.2) is 26.7 Å². The second-order valence-electron chi connectivity index (χ2n) is 5.50. The Labute approximate surface area is 119 Å². The number of hydrogen-bond acceptors (Lipinski definition) is 3. The molecule has 108 valence electrons. The molecule has 2 aromatic heterocycles. The van der Waals surface area contributed by atoms with Gasteiger partial charge in [0.1, 0.15) is 0 Å². The molecule has 20 heavy (non-hydrogen) atoms. The van der Waals surface area contributed by atoms with E-state index in [-0.39, 0.29) is 18.0 Å². The summed E-state index contributed by atoms with van der Waals surface area (Å²) >= 11 is 0. The average molecular weight is 274 g/mol. The fourth-order valence-electron chi connectivity index (χ4n) is 2.08. The molecule has 0 saturated heterocycles. The molecule has 5 nitrogen and oxygen atoms in total. The van der Waals surface area contributed by atoms with Crippen molar-refractivity contribution in [1.82, 2.24) is 20.1 Å². The van der Waals surface area contributed by atoms with Gasteiger partial charge >= 0.3 is 0 Å². The summed E-state index contributed by atoms with van der Waals surface area (Å²) in [6, 6.07) is 2.29. The minimum Gasteiger partial charge on any atom is -0.350 e. The quantitative estimate of drug-likeness (QED) is 0.932. The molecule has 2 heterocycles. The van der Waals surface area contributed by atoms with E-state index in [0.29, 0.717) is 5.56 Å². The molecule has 5 heteroatoms. The number of hydrogen-bond donors (Lipinski definition) is 1. The second kappa shape index (κ2) is 5.61. The maximum atomic E-state index is 12.2. The Morgan fingerprint density at radius 1 is 1.40 bits per heavy atom. The third-order valence-corrected chi connectivity index (χ3v) is 3.48. The molecule has 0 fully saturated rings. The Morgan fingerprint density at radius 2 is 2.10 bits per heavy atom. The number of carbonyl (C=O) groups is 1. The zero-order valence-electron chi connectivity index (χ0n) is 12.8. The fourth-order valence-corrected chi connectivity index (χ4v) is 2.08. The third-order valence-electron chi connectivity index (χ3n) is 3.48. The minimum atomic E-state index is -0.0662. The van der Waals surface area contributed by atoms with Gasteiger partial charge < -0.3 is 5.32 Å². The molecule has 1 N–H and O–H groups in total. The lowest BCUT2D eigenvalue weighted by Gasteiger charge is -2.13. The lowest BCUT2D eigenvalue weighted by Crippen LogP contribution is -2.32. The van der Waals surface area contributed by atoms with Crippen LogP contribution in [0.3, 0.4) is 0 Å². The number of aromatic nitrogens is 3. The largest absolute Gasteiger partial charge is 0.350 e. The lowest BCUT2D eigenvalue weighted by molar-refractivity contribution is 0.0938. The average Bonchev–Trinajstić information content (AvgIpc) is 2.80. The smallest absolute Gasteiger partial charge is 0.253 e. The highest BCUT2D eigenvalue weighted by atomic mass is 16.1. The van der Waals surface area contributed by atoms with Crippen molar-refractivity contribution < 1.29 is 4.79 Å². The van der Waals surface area contributed by atoms with E-state index in [2.05, 4.69) is 29.2 Å². The number of nitrogens with zero attached hydrogens (tertiary/aromatic N) is 3. The number of carbonyl (C=O) groups excluding carboxylic acids is 1. The van der Waals surface area contributed by atoms with Gasteiger partial charge in [0, 0.05) is 17.5 Å². The maximum Gasteiger partial charge on any atom is 0.253 e. The highest BCUT2D eigenvalue weighted by molar-refractivity contribution is 5.98. The first kappa shape index (κ1) is 14.5. The molecular formula is C15H22N4O. The van der Waals surface area contributed by atoms with E-state index in [0.717, 1.165) is 23.1 Å². The van der Waals surface area contributed by atoms with Crippen molar-refractivity contribution in [1.29, 1.82) is 0 Å². The summed E-state index contributed by atoms with van der Waals surface area (Å²) in [5, 5.41) is 8.21. The van der Waals surface area contributed by atoms with Crippen molar-refractivity contribution in [2.24, 2.45) is 0 Å². The molecule has 2 rings (SSSR count). The summed E-state index contributed by atoms with van der Waals surface area (Å²) in [5.74, 6) is -0.0662. The van der Waals surface area contributed by atoms with Crippen LogP contribution < -0.4 is 5.32 Å². The lowest BCUT2D eigenvalue weighted by atomic mass is 10.1. The molecule has 1 atom stereocenters. The summed E-state index contributed by atoms with van der Waals surface area (Å²) in [7, 11) is 0. The third kappa shape index (κ3) is 2.66. The molecule has 0 saturated carbocycles. The summed E-state index contributed by atoms with van der Waals surface area (Å²) in [5.41, 5.74) is 2.19. The Kier molecular flexibility index (Phi) is 4.06. The number of rotatable bonds is 4. The van der Waals surface area contributed by atoms with Crippen molar-refractivity contribution in [3.63, 3.8) is 0 Å². The minimum absolute atomic E-state index is 0.0662. The standard InChI is InChI=1S/C15H22N4O/c1-6-10(4)17-15(20)13-7-12-8-16-19(9(2)3)14(12)18-11(13)5/h7-10H,6H2,1-5H3,(H,17,20). The van der Waals surface area contributed by atoms with Gasteiger partial charge in [0.15, 0.2) is 5.65 Å². The molecule has 1 amide bonds. The first-order valence-electron chi connectivity index (χ1n) is 7.09. The molecule has 0 aromatic carbocycles.